The van der Waals surface area contributed by atoms with Crippen LogP contribution in [0.4, 0.5) is 0 Å². The van der Waals surface area contributed by atoms with Crippen LogP contribution in [0.25, 0.3) is 0 Å². The van der Waals surface area contributed by atoms with Crippen LogP contribution in [0.1, 0.15) is 79.1 Å². The van der Waals surface area contributed by atoms with E-state index in [9.17, 15) is 14.7 Å². The van der Waals surface area contributed by atoms with E-state index >= 15 is 0 Å². The van der Waals surface area contributed by atoms with Crippen molar-refractivity contribution >= 4 is 11.9 Å². The Morgan fingerprint density at radius 1 is 1.14 bits per heavy atom. The van der Waals surface area contributed by atoms with E-state index in [0.717, 1.165) is 25.7 Å². The van der Waals surface area contributed by atoms with Crippen molar-refractivity contribution in [3.05, 3.63) is 23.8 Å². The van der Waals surface area contributed by atoms with Crippen molar-refractivity contribution in [1.29, 1.82) is 0 Å². The number of hydrogen-bond acceptors (Lipinski definition) is 3. The van der Waals surface area contributed by atoms with Crippen molar-refractivity contribution in [3.63, 3.8) is 0 Å². The SMILES string of the molecule is C=C1C[C@@]23CC[C@H]4[C@@](C)(CC[C@@H](OC(=O)/C(C)=C\C)[C@@]4(C)C(=O)O)[C@@H]2CC[C@@H]1C3. The van der Waals surface area contributed by atoms with Gasteiger partial charge in [-0.2, -0.15) is 0 Å². The Balaban J connectivity index is 1.68. The monoisotopic (exact) mass is 400 g/mol. The van der Waals surface area contributed by atoms with E-state index in [1.165, 1.54) is 24.8 Å². The maximum absolute atomic E-state index is 12.7. The summed E-state index contributed by atoms with van der Waals surface area (Å²) in [5.74, 6) is 0.0690. The molecule has 0 aromatic rings. The maximum atomic E-state index is 12.7. The van der Waals surface area contributed by atoms with Crippen molar-refractivity contribution in [2.45, 2.75) is 85.2 Å². The molecule has 0 aromatic carbocycles. The molecule has 1 spiro atoms. The first-order valence-electron chi connectivity index (χ1n) is 11.3. The Labute approximate surface area is 174 Å². The number of carboxylic acids is 1. The predicted molar refractivity (Wildman–Crippen MR) is 112 cm³/mol. The highest BCUT2D eigenvalue weighted by atomic mass is 16.5. The van der Waals surface area contributed by atoms with Crippen LogP contribution in [-0.2, 0) is 14.3 Å². The Hall–Kier alpha value is -1.58. The summed E-state index contributed by atoms with van der Waals surface area (Å²) in [4.78, 5) is 25.1. The minimum Gasteiger partial charge on any atom is -0.481 e. The summed E-state index contributed by atoms with van der Waals surface area (Å²) in [6.07, 6.45) is 9.51. The third-order valence-corrected chi connectivity index (χ3v) is 9.68. The van der Waals surface area contributed by atoms with E-state index in [2.05, 4.69) is 13.5 Å². The molecule has 0 aromatic heterocycles. The van der Waals surface area contributed by atoms with Gasteiger partial charge in [0, 0.05) is 5.57 Å². The lowest BCUT2D eigenvalue weighted by atomic mass is 9.40. The van der Waals surface area contributed by atoms with E-state index in [-0.39, 0.29) is 17.3 Å². The normalized spacial score (nSPS) is 46.6. The molecule has 4 aliphatic carbocycles. The van der Waals surface area contributed by atoms with Crippen molar-refractivity contribution in [1.82, 2.24) is 0 Å². The first-order valence-corrected chi connectivity index (χ1v) is 11.3. The fourth-order valence-electron chi connectivity index (χ4n) is 8.06. The van der Waals surface area contributed by atoms with E-state index in [4.69, 9.17) is 4.74 Å². The second-order valence-electron chi connectivity index (χ2n) is 10.8. The highest BCUT2D eigenvalue weighted by Crippen LogP contribution is 2.72. The van der Waals surface area contributed by atoms with Crippen LogP contribution < -0.4 is 0 Å². The van der Waals surface area contributed by atoms with Gasteiger partial charge in [0.05, 0.1) is 0 Å². The molecule has 4 nitrogen and oxygen atoms in total. The van der Waals surface area contributed by atoms with Gasteiger partial charge in [0.25, 0.3) is 0 Å². The van der Waals surface area contributed by atoms with Crippen LogP contribution in [0.5, 0.6) is 0 Å². The molecular formula is C25H36O4. The molecule has 29 heavy (non-hydrogen) atoms. The number of esters is 1. The standard InChI is InChI=1S/C25H36O4/c1-6-15(2)21(26)29-20-10-11-23(4)18(24(20,5)22(27)28)9-12-25-13-16(3)17(14-25)7-8-19(23)25/h6,17-20H,3,7-14H2,1-2,4-5H3,(H,27,28)/b15-6-/t17-,18+,19+,20-,23-,24+,25-/m1/s1. The van der Waals surface area contributed by atoms with Crippen LogP contribution in [0.15, 0.2) is 23.8 Å². The van der Waals surface area contributed by atoms with E-state index < -0.39 is 17.5 Å². The number of ether oxygens (including phenoxy) is 1. The van der Waals surface area contributed by atoms with Gasteiger partial charge >= 0.3 is 11.9 Å². The number of carbonyl (C=O) groups excluding carboxylic acids is 1. The zero-order valence-electron chi connectivity index (χ0n) is 18.4. The van der Waals surface area contributed by atoms with E-state index in [0.29, 0.717) is 29.2 Å². The summed E-state index contributed by atoms with van der Waals surface area (Å²) in [6.45, 7) is 12.1. The molecule has 4 fully saturated rings. The summed E-state index contributed by atoms with van der Waals surface area (Å²) in [7, 11) is 0. The number of fused-ring (bicyclic) bond motifs is 3. The second-order valence-corrected chi connectivity index (χ2v) is 10.8. The first-order chi connectivity index (χ1) is 13.6. The van der Waals surface area contributed by atoms with Gasteiger partial charge in [0.1, 0.15) is 11.5 Å². The third kappa shape index (κ3) is 2.77. The fourth-order valence-corrected chi connectivity index (χ4v) is 8.06. The van der Waals surface area contributed by atoms with Crippen LogP contribution in [0.3, 0.4) is 0 Å². The van der Waals surface area contributed by atoms with Gasteiger partial charge < -0.3 is 9.84 Å². The number of rotatable bonds is 3. The Morgan fingerprint density at radius 3 is 2.52 bits per heavy atom. The summed E-state index contributed by atoms with van der Waals surface area (Å²) < 4.78 is 5.83. The molecular weight excluding hydrogens is 364 g/mol. The molecule has 0 amide bonds. The van der Waals surface area contributed by atoms with Gasteiger partial charge in [-0.1, -0.05) is 25.2 Å². The van der Waals surface area contributed by atoms with Gasteiger partial charge in [-0.05, 0) is 101 Å². The lowest BCUT2D eigenvalue weighted by molar-refractivity contribution is -0.211. The Kier molecular flexibility index (Phi) is 4.79. The quantitative estimate of drug-likeness (QED) is 0.384. The molecule has 7 atom stereocenters. The van der Waals surface area contributed by atoms with Gasteiger partial charge in [0.2, 0.25) is 0 Å². The van der Waals surface area contributed by atoms with E-state index in [1.54, 1.807) is 19.9 Å². The Bertz CT molecular complexity index is 782. The topological polar surface area (TPSA) is 63.6 Å². The fraction of sp³-hybridized carbons (Fsp3) is 0.760. The van der Waals surface area contributed by atoms with Gasteiger partial charge in [-0.25, -0.2) is 4.79 Å². The summed E-state index contributed by atoms with van der Waals surface area (Å²) >= 11 is 0. The van der Waals surface area contributed by atoms with Crippen LogP contribution >= 0.6 is 0 Å². The minimum absolute atomic E-state index is 0.0144. The summed E-state index contributed by atoms with van der Waals surface area (Å²) in [5, 5.41) is 10.4. The molecule has 4 rings (SSSR count). The molecule has 2 bridgehead atoms. The van der Waals surface area contributed by atoms with Crippen LogP contribution in [0.2, 0.25) is 0 Å². The molecule has 0 saturated heterocycles. The van der Waals surface area contributed by atoms with Crippen molar-refractivity contribution < 1.29 is 19.4 Å². The van der Waals surface area contributed by atoms with Crippen molar-refractivity contribution in [2.75, 3.05) is 0 Å². The highest BCUT2D eigenvalue weighted by Gasteiger charge is 2.67. The average molecular weight is 401 g/mol. The number of carboxylic acid groups (broad SMARTS) is 1. The van der Waals surface area contributed by atoms with Crippen molar-refractivity contribution in [3.8, 4) is 0 Å². The lowest BCUT2D eigenvalue weighted by Gasteiger charge is -2.64. The molecule has 160 valence electrons. The number of carbonyl (C=O) groups is 2. The zero-order chi connectivity index (χ0) is 21.2. The predicted octanol–water partition coefficient (Wildman–Crippen LogP) is 5.53. The molecule has 0 aliphatic heterocycles. The number of aliphatic carboxylic acids is 1. The molecule has 4 saturated carbocycles. The molecule has 0 unspecified atom stereocenters. The minimum atomic E-state index is -1.04. The lowest BCUT2D eigenvalue weighted by Crippen LogP contribution is -2.63. The average Bonchev–Trinajstić information content (AvgIpc) is 2.91. The zero-order valence-corrected chi connectivity index (χ0v) is 18.4. The molecule has 1 N–H and O–H groups in total. The van der Waals surface area contributed by atoms with E-state index in [1.807, 2.05) is 6.92 Å². The molecule has 0 radical (unpaired) electrons. The number of hydrogen-bond donors (Lipinski definition) is 1. The molecule has 0 heterocycles. The third-order valence-electron chi connectivity index (χ3n) is 9.68. The Morgan fingerprint density at radius 2 is 1.86 bits per heavy atom. The summed E-state index contributed by atoms with van der Waals surface area (Å²) in [5.41, 5.74) is 1.25. The maximum Gasteiger partial charge on any atom is 0.333 e. The van der Waals surface area contributed by atoms with Gasteiger partial charge in [0.15, 0.2) is 0 Å². The highest BCUT2D eigenvalue weighted by molar-refractivity contribution is 5.88. The first kappa shape index (κ1) is 20.7. The smallest absolute Gasteiger partial charge is 0.333 e. The van der Waals surface area contributed by atoms with Gasteiger partial charge in [-0.3, -0.25) is 4.79 Å². The van der Waals surface area contributed by atoms with Crippen LogP contribution in [0, 0.1) is 34.0 Å². The second kappa shape index (κ2) is 6.72. The molecule has 4 aliphatic rings. The summed E-state index contributed by atoms with van der Waals surface area (Å²) in [6, 6.07) is 0. The largest absolute Gasteiger partial charge is 0.481 e. The van der Waals surface area contributed by atoms with Crippen molar-refractivity contribution in [2.24, 2.45) is 34.0 Å². The van der Waals surface area contributed by atoms with Crippen LogP contribution in [-0.4, -0.2) is 23.1 Å². The van der Waals surface area contributed by atoms with Gasteiger partial charge in [-0.15, -0.1) is 0 Å². The molecule has 4 heteroatoms. The number of allylic oxidation sites excluding steroid dienone is 2.